The second kappa shape index (κ2) is 6.12. The lowest BCUT2D eigenvalue weighted by molar-refractivity contribution is 0.0670. The zero-order valence-corrected chi connectivity index (χ0v) is 15.1. The lowest BCUT2D eigenvalue weighted by Gasteiger charge is -2.30. The monoisotopic (exact) mass is 355 g/mol. The number of piperidine rings is 1. The number of nitrogens with zero attached hydrogens (tertiary/aromatic N) is 4. The summed E-state index contributed by atoms with van der Waals surface area (Å²) in [5.74, 6) is 0.426. The van der Waals surface area contributed by atoms with Crippen LogP contribution in [0.3, 0.4) is 0 Å². The number of rotatable bonds is 2. The predicted octanol–water partition coefficient (Wildman–Crippen LogP) is 1.96. The molecule has 4 rings (SSSR count). The van der Waals surface area contributed by atoms with Crippen LogP contribution in [0.1, 0.15) is 52.0 Å². The van der Waals surface area contributed by atoms with Gasteiger partial charge in [-0.05, 0) is 33.6 Å². The molecule has 3 aromatic rings. The predicted molar refractivity (Wildman–Crippen MR) is 94.4 cm³/mol. The summed E-state index contributed by atoms with van der Waals surface area (Å²) in [6, 6.07) is 3.60. The quantitative estimate of drug-likeness (QED) is 0.758. The van der Waals surface area contributed by atoms with E-state index in [9.17, 15) is 9.59 Å². The van der Waals surface area contributed by atoms with E-state index in [2.05, 4.69) is 15.2 Å². The van der Waals surface area contributed by atoms with Crippen LogP contribution < -0.4 is 5.56 Å². The molecule has 1 aliphatic heterocycles. The Morgan fingerprint density at radius 1 is 1.23 bits per heavy atom. The summed E-state index contributed by atoms with van der Waals surface area (Å²) in [4.78, 5) is 31.1. The molecule has 8 nitrogen and oxygen atoms in total. The highest BCUT2D eigenvalue weighted by atomic mass is 16.5. The van der Waals surface area contributed by atoms with Crippen LogP contribution in [0, 0.1) is 20.8 Å². The van der Waals surface area contributed by atoms with E-state index in [4.69, 9.17) is 4.52 Å². The van der Waals surface area contributed by atoms with Crippen LogP contribution in [-0.4, -0.2) is 43.7 Å². The van der Waals surface area contributed by atoms with E-state index in [1.807, 2.05) is 13.0 Å². The topological polar surface area (TPSA) is 96.5 Å². The molecule has 1 N–H and O–H groups in total. The lowest BCUT2D eigenvalue weighted by atomic mass is 9.93. The van der Waals surface area contributed by atoms with Crippen LogP contribution in [0.2, 0.25) is 0 Å². The van der Waals surface area contributed by atoms with Gasteiger partial charge in [0.2, 0.25) is 5.76 Å². The van der Waals surface area contributed by atoms with Gasteiger partial charge >= 0.3 is 0 Å². The number of likely N-dealkylation sites (tertiary alicyclic amines) is 1. The average molecular weight is 355 g/mol. The number of H-pyrrole nitrogens is 1. The maximum atomic E-state index is 12.4. The standard InChI is InChI=1S/C18H21N5O3/c1-10-8-15(26-21-10)18(25)22-6-4-13(5-7-22)14-9-16-19-12(3)11(2)17(24)23(16)20-14/h8-9,13,20H,4-7H2,1-3H3. The van der Waals surface area contributed by atoms with Gasteiger partial charge in [-0.25, -0.2) is 9.50 Å². The number of aromatic amines is 1. The Hall–Kier alpha value is -2.90. The zero-order chi connectivity index (χ0) is 18.4. The Kier molecular flexibility index (Phi) is 3.90. The number of hydrogen-bond acceptors (Lipinski definition) is 5. The van der Waals surface area contributed by atoms with Crippen LogP contribution >= 0.6 is 0 Å². The maximum absolute atomic E-state index is 12.4. The first-order valence-electron chi connectivity index (χ1n) is 8.75. The van der Waals surface area contributed by atoms with Crippen molar-refractivity contribution in [3.05, 3.63) is 50.9 Å². The van der Waals surface area contributed by atoms with Crippen molar-refractivity contribution in [1.29, 1.82) is 0 Å². The van der Waals surface area contributed by atoms with Crippen molar-refractivity contribution in [2.75, 3.05) is 13.1 Å². The van der Waals surface area contributed by atoms with E-state index in [1.165, 1.54) is 4.52 Å². The van der Waals surface area contributed by atoms with Gasteiger partial charge in [-0.1, -0.05) is 5.16 Å². The van der Waals surface area contributed by atoms with Gasteiger partial charge in [0.1, 0.15) is 0 Å². The summed E-state index contributed by atoms with van der Waals surface area (Å²) in [6.45, 7) is 6.70. The summed E-state index contributed by atoms with van der Waals surface area (Å²) < 4.78 is 6.58. The van der Waals surface area contributed by atoms with E-state index in [0.29, 0.717) is 30.0 Å². The van der Waals surface area contributed by atoms with Gasteiger partial charge in [-0.2, -0.15) is 0 Å². The summed E-state index contributed by atoms with van der Waals surface area (Å²) in [5, 5.41) is 6.97. The number of nitrogens with one attached hydrogen (secondary N) is 1. The van der Waals surface area contributed by atoms with Crippen molar-refractivity contribution < 1.29 is 9.32 Å². The third kappa shape index (κ3) is 2.71. The van der Waals surface area contributed by atoms with Crippen LogP contribution in [0.4, 0.5) is 0 Å². The van der Waals surface area contributed by atoms with Crippen molar-refractivity contribution in [2.24, 2.45) is 0 Å². The van der Waals surface area contributed by atoms with Gasteiger partial charge in [-0.15, -0.1) is 0 Å². The number of fused-ring (bicyclic) bond motifs is 1. The Balaban J connectivity index is 1.51. The minimum Gasteiger partial charge on any atom is -0.351 e. The second-order valence-electron chi connectivity index (χ2n) is 6.93. The number of hydrogen-bond donors (Lipinski definition) is 1. The summed E-state index contributed by atoms with van der Waals surface area (Å²) in [7, 11) is 0. The highest BCUT2D eigenvalue weighted by Crippen LogP contribution is 2.28. The highest BCUT2D eigenvalue weighted by Gasteiger charge is 2.27. The molecule has 1 amide bonds. The number of aryl methyl sites for hydroxylation is 2. The van der Waals surface area contributed by atoms with Crippen molar-refractivity contribution >= 4 is 11.6 Å². The van der Waals surface area contributed by atoms with Crippen LogP contribution in [0.5, 0.6) is 0 Å². The fourth-order valence-electron chi connectivity index (χ4n) is 3.46. The van der Waals surface area contributed by atoms with Gasteiger partial charge in [0, 0.05) is 48.1 Å². The third-order valence-corrected chi connectivity index (χ3v) is 5.16. The Bertz CT molecular complexity index is 1040. The number of aromatic nitrogens is 4. The molecule has 136 valence electrons. The molecule has 0 aliphatic carbocycles. The van der Waals surface area contributed by atoms with E-state index in [-0.39, 0.29) is 23.1 Å². The highest BCUT2D eigenvalue weighted by molar-refractivity contribution is 5.91. The largest absolute Gasteiger partial charge is 0.351 e. The molecular formula is C18H21N5O3. The fourth-order valence-corrected chi connectivity index (χ4v) is 3.46. The van der Waals surface area contributed by atoms with Gasteiger partial charge in [0.25, 0.3) is 11.5 Å². The molecule has 0 unspecified atom stereocenters. The van der Waals surface area contributed by atoms with Crippen molar-refractivity contribution in [2.45, 2.75) is 39.5 Å². The molecule has 0 aromatic carbocycles. The molecule has 0 atom stereocenters. The molecule has 1 fully saturated rings. The SMILES string of the molecule is Cc1cc(C(=O)N2CCC(c3cc4nc(C)c(C)c(=O)n4[nH]3)CC2)on1. The first kappa shape index (κ1) is 16.6. The molecule has 4 heterocycles. The number of carbonyl (C=O) groups is 1. The Morgan fingerprint density at radius 3 is 2.62 bits per heavy atom. The number of carbonyl (C=O) groups excluding carboxylic acids is 1. The molecule has 0 spiro atoms. The molecule has 26 heavy (non-hydrogen) atoms. The molecule has 8 heteroatoms. The molecule has 1 saturated heterocycles. The fraction of sp³-hybridized carbons (Fsp3) is 0.444. The Labute approximate surface area is 149 Å². The Morgan fingerprint density at radius 2 is 1.96 bits per heavy atom. The number of amides is 1. The zero-order valence-electron chi connectivity index (χ0n) is 15.1. The van der Waals surface area contributed by atoms with Crippen molar-refractivity contribution in [3.8, 4) is 0 Å². The van der Waals surface area contributed by atoms with Gasteiger partial charge in [0.15, 0.2) is 5.65 Å². The van der Waals surface area contributed by atoms with Crippen molar-refractivity contribution in [1.82, 2.24) is 24.7 Å². The van der Waals surface area contributed by atoms with Crippen molar-refractivity contribution in [3.63, 3.8) is 0 Å². The van der Waals surface area contributed by atoms with Crippen LogP contribution in [0.25, 0.3) is 5.65 Å². The van der Waals surface area contributed by atoms with E-state index >= 15 is 0 Å². The normalized spacial score (nSPS) is 15.7. The molecule has 0 bridgehead atoms. The summed E-state index contributed by atoms with van der Waals surface area (Å²) in [6.07, 6.45) is 1.64. The molecule has 3 aromatic heterocycles. The molecule has 0 radical (unpaired) electrons. The van der Waals surface area contributed by atoms with Gasteiger partial charge in [-0.3, -0.25) is 14.7 Å². The van der Waals surface area contributed by atoms with Gasteiger partial charge in [0.05, 0.1) is 5.69 Å². The average Bonchev–Trinajstić information content (AvgIpc) is 3.26. The minimum atomic E-state index is -0.121. The first-order chi connectivity index (χ1) is 12.4. The minimum absolute atomic E-state index is 0.0629. The van der Waals surface area contributed by atoms with E-state index in [1.54, 1.807) is 24.8 Å². The summed E-state index contributed by atoms with van der Waals surface area (Å²) in [5.41, 5.74) is 3.67. The molecular weight excluding hydrogens is 334 g/mol. The molecule has 0 saturated carbocycles. The second-order valence-corrected chi connectivity index (χ2v) is 6.93. The van der Waals surface area contributed by atoms with E-state index in [0.717, 1.165) is 24.2 Å². The maximum Gasteiger partial charge on any atom is 0.292 e. The van der Waals surface area contributed by atoms with Crippen LogP contribution in [0.15, 0.2) is 21.5 Å². The summed E-state index contributed by atoms with van der Waals surface area (Å²) >= 11 is 0. The smallest absolute Gasteiger partial charge is 0.292 e. The van der Waals surface area contributed by atoms with Gasteiger partial charge < -0.3 is 9.42 Å². The van der Waals surface area contributed by atoms with Crippen LogP contribution in [-0.2, 0) is 0 Å². The lowest BCUT2D eigenvalue weighted by Crippen LogP contribution is -2.37. The molecule has 1 aliphatic rings. The third-order valence-electron chi connectivity index (χ3n) is 5.16. The van der Waals surface area contributed by atoms with E-state index < -0.39 is 0 Å². The first-order valence-corrected chi connectivity index (χ1v) is 8.75.